The molecule has 4 heteroatoms. The van der Waals surface area contributed by atoms with Crippen molar-refractivity contribution in [1.29, 1.82) is 5.26 Å². The number of aliphatic hydroxyl groups excluding tert-OH is 1. The lowest BCUT2D eigenvalue weighted by Crippen LogP contribution is -2.26. The minimum Gasteiger partial charge on any atom is -0.386 e. The summed E-state index contributed by atoms with van der Waals surface area (Å²) in [4.78, 5) is 4.80. The van der Waals surface area contributed by atoms with Crippen molar-refractivity contribution in [2.45, 2.75) is 44.6 Å². The molecule has 3 nitrogen and oxygen atoms in total. The number of rotatable bonds is 2. The van der Waals surface area contributed by atoms with E-state index in [0.717, 1.165) is 30.6 Å². The summed E-state index contributed by atoms with van der Waals surface area (Å²) in [5.74, 6) is 0. The van der Waals surface area contributed by atoms with E-state index in [9.17, 15) is 10.4 Å². The zero-order valence-corrected chi connectivity index (χ0v) is 10.0. The maximum atomic E-state index is 10.4. The Labute approximate surface area is 99.8 Å². The van der Waals surface area contributed by atoms with Crippen LogP contribution in [0.5, 0.6) is 0 Å². The van der Waals surface area contributed by atoms with E-state index in [1.54, 1.807) is 11.7 Å². The van der Waals surface area contributed by atoms with Crippen molar-refractivity contribution >= 4 is 11.3 Å². The van der Waals surface area contributed by atoms with Gasteiger partial charge in [0.1, 0.15) is 6.10 Å². The van der Waals surface area contributed by atoms with Crippen molar-refractivity contribution in [3.8, 4) is 6.07 Å². The predicted molar refractivity (Wildman–Crippen MR) is 62.8 cm³/mol. The average molecular weight is 236 g/mol. The molecule has 1 heterocycles. The lowest BCUT2D eigenvalue weighted by atomic mass is 9.76. The van der Waals surface area contributed by atoms with Crippen LogP contribution in [0.4, 0.5) is 0 Å². The molecule has 1 aliphatic carbocycles. The molecule has 1 unspecified atom stereocenters. The third-order valence-electron chi connectivity index (χ3n) is 3.46. The summed E-state index contributed by atoms with van der Waals surface area (Å²) in [5, 5.41) is 19.8. The molecule has 1 aromatic rings. The minimum atomic E-state index is -0.664. The van der Waals surface area contributed by atoms with Gasteiger partial charge in [0.15, 0.2) is 0 Å². The Balaban J connectivity index is 2.23. The fourth-order valence-corrected chi connectivity index (χ4v) is 3.16. The van der Waals surface area contributed by atoms with Crippen LogP contribution in [0.25, 0.3) is 0 Å². The Hall–Kier alpha value is -0.920. The molecule has 1 saturated carbocycles. The Morgan fingerprint density at radius 1 is 1.38 bits per heavy atom. The largest absolute Gasteiger partial charge is 0.386 e. The molecule has 0 aliphatic heterocycles. The molecule has 0 aromatic carbocycles. The van der Waals surface area contributed by atoms with Gasteiger partial charge in [-0.2, -0.15) is 5.26 Å². The van der Waals surface area contributed by atoms with Crippen LogP contribution in [-0.2, 0) is 0 Å². The average Bonchev–Trinajstić information content (AvgIpc) is 2.73. The molecule has 1 atom stereocenters. The summed E-state index contributed by atoms with van der Waals surface area (Å²) >= 11 is 1.43. The number of aromatic nitrogens is 1. The molecular weight excluding hydrogens is 220 g/mol. The number of aliphatic hydroxyl groups is 1. The van der Waals surface area contributed by atoms with Gasteiger partial charge in [0.25, 0.3) is 0 Å². The predicted octanol–water partition coefficient (Wildman–Crippen LogP) is 3.04. The van der Waals surface area contributed by atoms with E-state index in [4.69, 9.17) is 0 Å². The minimum absolute atomic E-state index is 0.580. The van der Waals surface area contributed by atoms with E-state index < -0.39 is 11.5 Å². The van der Waals surface area contributed by atoms with E-state index in [2.05, 4.69) is 11.1 Å². The van der Waals surface area contributed by atoms with Gasteiger partial charge in [0, 0.05) is 6.20 Å². The van der Waals surface area contributed by atoms with Crippen LogP contribution in [0.15, 0.2) is 11.7 Å². The first-order valence-electron chi connectivity index (χ1n) is 5.76. The van der Waals surface area contributed by atoms with E-state index in [1.165, 1.54) is 24.2 Å². The molecule has 1 N–H and O–H groups in total. The molecule has 1 fully saturated rings. The normalized spacial score (nSPS) is 22.0. The monoisotopic (exact) mass is 236 g/mol. The smallest absolute Gasteiger partial charge is 0.108 e. The zero-order chi connectivity index (χ0) is 11.4. The van der Waals surface area contributed by atoms with Crippen LogP contribution in [0.3, 0.4) is 0 Å². The first kappa shape index (κ1) is 11.6. The standard InChI is InChI=1S/C12H16N2OS/c13-8-12(5-3-1-2-4-6-12)11(15)10-7-14-9-16-10/h7,9,11,15H,1-6H2. The maximum Gasteiger partial charge on any atom is 0.108 e. The summed E-state index contributed by atoms with van der Waals surface area (Å²) in [7, 11) is 0. The summed E-state index contributed by atoms with van der Waals surface area (Å²) < 4.78 is 0. The Morgan fingerprint density at radius 3 is 2.56 bits per heavy atom. The highest BCUT2D eigenvalue weighted by atomic mass is 32.1. The van der Waals surface area contributed by atoms with Gasteiger partial charge in [0.05, 0.1) is 21.9 Å². The third kappa shape index (κ3) is 2.11. The van der Waals surface area contributed by atoms with Gasteiger partial charge < -0.3 is 5.11 Å². The number of nitriles is 1. The molecule has 16 heavy (non-hydrogen) atoms. The highest BCUT2D eigenvalue weighted by Gasteiger charge is 2.39. The highest BCUT2D eigenvalue weighted by molar-refractivity contribution is 7.09. The molecular formula is C12H16N2OS. The topological polar surface area (TPSA) is 56.9 Å². The van der Waals surface area contributed by atoms with E-state index in [0.29, 0.717) is 0 Å². The number of nitrogens with zero attached hydrogens (tertiary/aromatic N) is 2. The van der Waals surface area contributed by atoms with Crippen molar-refractivity contribution in [1.82, 2.24) is 4.98 Å². The molecule has 2 rings (SSSR count). The second-order valence-corrected chi connectivity index (χ2v) is 5.41. The number of hydrogen-bond acceptors (Lipinski definition) is 4. The van der Waals surface area contributed by atoms with Crippen LogP contribution in [0.2, 0.25) is 0 Å². The van der Waals surface area contributed by atoms with Crippen LogP contribution >= 0.6 is 11.3 Å². The van der Waals surface area contributed by atoms with Crippen LogP contribution in [0, 0.1) is 16.7 Å². The van der Waals surface area contributed by atoms with Gasteiger partial charge in [-0.15, -0.1) is 11.3 Å². The fraction of sp³-hybridized carbons (Fsp3) is 0.667. The zero-order valence-electron chi connectivity index (χ0n) is 9.22. The fourth-order valence-electron chi connectivity index (χ4n) is 2.44. The lowest BCUT2D eigenvalue weighted by molar-refractivity contribution is 0.0544. The lowest BCUT2D eigenvalue weighted by Gasteiger charge is -2.29. The van der Waals surface area contributed by atoms with Gasteiger partial charge in [-0.25, -0.2) is 0 Å². The van der Waals surface area contributed by atoms with Gasteiger partial charge in [-0.3, -0.25) is 4.98 Å². The van der Waals surface area contributed by atoms with E-state index in [-0.39, 0.29) is 0 Å². The summed E-state index contributed by atoms with van der Waals surface area (Å²) in [6.45, 7) is 0. The van der Waals surface area contributed by atoms with Gasteiger partial charge in [-0.1, -0.05) is 25.7 Å². The molecule has 0 bridgehead atoms. The van der Waals surface area contributed by atoms with Crippen LogP contribution < -0.4 is 0 Å². The summed E-state index contributed by atoms with van der Waals surface area (Å²) in [6.07, 6.45) is 7.08. The first-order valence-corrected chi connectivity index (χ1v) is 6.64. The van der Waals surface area contributed by atoms with E-state index >= 15 is 0 Å². The van der Waals surface area contributed by atoms with Crippen LogP contribution in [0.1, 0.15) is 49.5 Å². The van der Waals surface area contributed by atoms with Crippen molar-refractivity contribution < 1.29 is 5.11 Å². The van der Waals surface area contributed by atoms with E-state index in [1.807, 2.05) is 0 Å². The summed E-state index contributed by atoms with van der Waals surface area (Å²) in [5.41, 5.74) is 1.13. The maximum absolute atomic E-state index is 10.4. The second-order valence-electron chi connectivity index (χ2n) is 4.49. The Bertz CT molecular complexity index is 361. The Kier molecular flexibility index (Phi) is 3.57. The van der Waals surface area contributed by atoms with Crippen molar-refractivity contribution in [2.24, 2.45) is 5.41 Å². The molecule has 0 radical (unpaired) electrons. The quantitative estimate of drug-likeness (QED) is 0.803. The SMILES string of the molecule is N#CC1(C(O)c2cncs2)CCCCCC1. The first-order chi connectivity index (χ1) is 7.78. The highest BCUT2D eigenvalue weighted by Crippen LogP contribution is 2.45. The van der Waals surface area contributed by atoms with Gasteiger partial charge >= 0.3 is 0 Å². The molecule has 86 valence electrons. The van der Waals surface area contributed by atoms with Crippen LogP contribution in [-0.4, -0.2) is 10.1 Å². The molecule has 1 aromatic heterocycles. The molecule has 1 aliphatic rings. The number of hydrogen-bond donors (Lipinski definition) is 1. The molecule has 0 amide bonds. The van der Waals surface area contributed by atoms with Crippen molar-refractivity contribution in [2.75, 3.05) is 0 Å². The second kappa shape index (κ2) is 4.94. The van der Waals surface area contributed by atoms with Gasteiger partial charge in [-0.05, 0) is 12.8 Å². The van der Waals surface area contributed by atoms with Crippen molar-refractivity contribution in [3.05, 3.63) is 16.6 Å². The summed E-state index contributed by atoms with van der Waals surface area (Å²) in [6, 6.07) is 2.37. The van der Waals surface area contributed by atoms with Crippen molar-refractivity contribution in [3.63, 3.8) is 0 Å². The van der Waals surface area contributed by atoms with Gasteiger partial charge in [0.2, 0.25) is 0 Å². The third-order valence-corrected chi connectivity index (χ3v) is 4.29. The number of thiazole rings is 1. The Morgan fingerprint density at radius 2 is 2.06 bits per heavy atom. The molecule has 0 saturated heterocycles. The molecule has 0 spiro atoms.